The van der Waals surface area contributed by atoms with Crippen LogP contribution in [0.1, 0.15) is 44.9 Å². The van der Waals surface area contributed by atoms with Crippen LogP contribution in [0.15, 0.2) is 4.99 Å². The van der Waals surface area contributed by atoms with Gasteiger partial charge < -0.3 is 20.1 Å². The van der Waals surface area contributed by atoms with Crippen LogP contribution >= 0.6 is 0 Å². The molecule has 5 heteroatoms. The molecule has 0 aromatic carbocycles. The summed E-state index contributed by atoms with van der Waals surface area (Å²) in [5.74, 6) is 1.76. The molecule has 0 aromatic rings. The van der Waals surface area contributed by atoms with Crippen LogP contribution in [-0.4, -0.2) is 53.0 Å². The molecule has 0 bridgehead atoms. The number of hydrogen-bond acceptors (Lipinski definition) is 3. The van der Waals surface area contributed by atoms with Crippen molar-refractivity contribution < 1.29 is 9.47 Å². The monoisotopic (exact) mass is 311 g/mol. The summed E-state index contributed by atoms with van der Waals surface area (Å²) in [6.45, 7) is 4.56. The van der Waals surface area contributed by atoms with E-state index in [-0.39, 0.29) is 0 Å². The second kappa shape index (κ2) is 9.36. The second-order valence-corrected chi connectivity index (χ2v) is 6.82. The van der Waals surface area contributed by atoms with Crippen molar-refractivity contribution >= 4 is 5.96 Å². The number of methoxy groups -OCH3 is 1. The van der Waals surface area contributed by atoms with Gasteiger partial charge in [-0.15, -0.1) is 0 Å². The normalized spacial score (nSPS) is 20.5. The molecule has 128 valence electrons. The molecule has 0 radical (unpaired) electrons. The molecule has 0 spiro atoms. The van der Waals surface area contributed by atoms with Crippen molar-refractivity contribution in [2.45, 2.75) is 44.9 Å². The van der Waals surface area contributed by atoms with Crippen molar-refractivity contribution in [1.29, 1.82) is 0 Å². The fourth-order valence-electron chi connectivity index (χ4n) is 2.92. The average molecular weight is 311 g/mol. The molecule has 5 nitrogen and oxygen atoms in total. The summed E-state index contributed by atoms with van der Waals surface area (Å²) in [4.78, 5) is 4.31. The van der Waals surface area contributed by atoms with Crippen LogP contribution in [0.4, 0.5) is 0 Å². The lowest BCUT2D eigenvalue weighted by atomic mass is 9.67. The minimum absolute atomic E-state index is 0.418. The Labute approximate surface area is 135 Å². The molecule has 2 fully saturated rings. The van der Waals surface area contributed by atoms with Gasteiger partial charge in [0.05, 0.1) is 0 Å². The summed E-state index contributed by atoms with van der Waals surface area (Å²) < 4.78 is 10.9. The number of hydrogen-bond donors (Lipinski definition) is 2. The number of nitrogens with zero attached hydrogens (tertiary/aromatic N) is 1. The third kappa shape index (κ3) is 6.13. The second-order valence-electron chi connectivity index (χ2n) is 6.82. The summed E-state index contributed by atoms with van der Waals surface area (Å²) >= 11 is 0. The molecule has 2 saturated carbocycles. The molecule has 0 atom stereocenters. The van der Waals surface area contributed by atoms with Crippen molar-refractivity contribution in [2.24, 2.45) is 16.3 Å². The number of rotatable bonds is 11. The smallest absolute Gasteiger partial charge is 0.190 e. The summed E-state index contributed by atoms with van der Waals surface area (Å²) in [7, 11) is 3.62. The van der Waals surface area contributed by atoms with Gasteiger partial charge in [-0.3, -0.25) is 4.99 Å². The zero-order valence-electron chi connectivity index (χ0n) is 14.3. The minimum Gasteiger partial charge on any atom is -0.385 e. The zero-order chi connectivity index (χ0) is 15.7. The third-order valence-corrected chi connectivity index (χ3v) is 4.91. The molecular weight excluding hydrogens is 278 g/mol. The molecule has 0 amide bonds. The summed E-state index contributed by atoms with van der Waals surface area (Å²) in [5, 5.41) is 6.86. The zero-order valence-corrected chi connectivity index (χ0v) is 14.3. The number of nitrogens with one attached hydrogen (secondary N) is 2. The van der Waals surface area contributed by atoms with Crippen LogP contribution in [0.3, 0.4) is 0 Å². The largest absolute Gasteiger partial charge is 0.385 e. The van der Waals surface area contributed by atoms with E-state index >= 15 is 0 Å². The Morgan fingerprint density at radius 2 is 2.05 bits per heavy atom. The molecule has 2 rings (SSSR count). The Morgan fingerprint density at radius 3 is 2.64 bits per heavy atom. The minimum atomic E-state index is 0.418. The average Bonchev–Trinajstić information content (AvgIpc) is 3.31. The van der Waals surface area contributed by atoms with E-state index in [0.717, 1.165) is 57.6 Å². The maximum Gasteiger partial charge on any atom is 0.190 e. The standard InChI is InChI=1S/C17H33N3O2/c1-18-16(19-10-4-11-22-13-15-5-6-15)20-14-17(7-3-8-17)9-12-21-2/h15H,3-14H2,1-2H3,(H2,18,19,20). The van der Waals surface area contributed by atoms with Gasteiger partial charge in [-0.1, -0.05) is 6.42 Å². The first-order chi connectivity index (χ1) is 10.8. The van der Waals surface area contributed by atoms with E-state index in [9.17, 15) is 0 Å². The van der Waals surface area contributed by atoms with Crippen LogP contribution in [0.25, 0.3) is 0 Å². The van der Waals surface area contributed by atoms with Gasteiger partial charge in [-0.05, 0) is 49.9 Å². The van der Waals surface area contributed by atoms with Crippen LogP contribution in [0.2, 0.25) is 0 Å². The number of ether oxygens (including phenoxy) is 2. The van der Waals surface area contributed by atoms with E-state index < -0.39 is 0 Å². The Balaban J connectivity index is 1.53. The maximum atomic E-state index is 5.64. The molecule has 0 aliphatic heterocycles. The lowest BCUT2D eigenvalue weighted by Gasteiger charge is -2.42. The predicted octanol–water partition coefficient (Wildman–Crippen LogP) is 2.17. The molecule has 0 unspecified atom stereocenters. The Hall–Kier alpha value is -0.810. The van der Waals surface area contributed by atoms with Gasteiger partial charge in [-0.25, -0.2) is 0 Å². The van der Waals surface area contributed by atoms with Crippen molar-refractivity contribution in [3.05, 3.63) is 0 Å². The highest BCUT2D eigenvalue weighted by molar-refractivity contribution is 5.79. The summed E-state index contributed by atoms with van der Waals surface area (Å²) in [6.07, 6.45) is 8.84. The quantitative estimate of drug-likeness (QED) is 0.349. The third-order valence-electron chi connectivity index (χ3n) is 4.91. The topological polar surface area (TPSA) is 54.9 Å². The lowest BCUT2D eigenvalue weighted by Crippen LogP contribution is -2.47. The summed E-state index contributed by atoms with van der Waals surface area (Å²) in [5.41, 5.74) is 0.418. The Morgan fingerprint density at radius 1 is 1.23 bits per heavy atom. The van der Waals surface area contributed by atoms with E-state index in [1.807, 2.05) is 7.05 Å². The van der Waals surface area contributed by atoms with E-state index in [0.29, 0.717) is 5.41 Å². The Bertz CT molecular complexity index is 339. The van der Waals surface area contributed by atoms with Gasteiger partial charge in [0, 0.05) is 47.1 Å². The Kier molecular flexibility index (Phi) is 7.46. The van der Waals surface area contributed by atoms with E-state index in [1.165, 1.54) is 32.1 Å². The van der Waals surface area contributed by atoms with Gasteiger partial charge >= 0.3 is 0 Å². The van der Waals surface area contributed by atoms with Gasteiger partial charge in [0.15, 0.2) is 5.96 Å². The molecular formula is C17H33N3O2. The molecule has 2 N–H and O–H groups in total. The fourth-order valence-corrected chi connectivity index (χ4v) is 2.92. The SMILES string of the molecule is CN=C(NCCCOCC1CC1)NCC1(CCOC)CCC1. The molecule has 22 heavy (non-hydrogen) atoms. The van der Waals surface area contributed by atoms with Crippen LogP contribution in [-0.2, 0) is 9.47 Å². The van der Waals surface area contributed by atoms with Crippen LogP contribution < -0.4 is 10.6 Å². The van der Waals surface area contributed by atoms with Crippen molar-refractivity contribution in [3.8, 4) is 0 Å². The highest BCUT2D eigenvalue weighted by Gasteiger charge is 2.36. The first kappa shape index (κ1) is 17.5. The van der Waals surface area contributed by atoms with Crippen LogP contribution in [0, 0.1) is 11.3 Å². The van der Waals surface area contributed by atoms with Crippen molar-refractivity contribution in [1.82, 2.24) is 10.6 Å². The van der Waals surface area contributed by atoms with Gasteiger partial charge in [0.25, 0.3) is 0 Å². The van der Waals surface area contributed by atoms with Crippen molar-refractivity contribution in [2.75, 3.05) is 47.1 Å². The molecule has 0 aromatic heterocycles. The molecule has 2 aliphatic rings. The molecule has 0 heterocycles. The van der Waals surface area contributed by atoms with Crippen LogP contribution in [0.5, 0.6) is 0 Å². The highest BCUT2D eigenvalue weighted by atomic mass is 16.5. The lowest BCUT2D eigenvalue weighted by molar-refractivity contribution is 0.0732. The molecule has 2 aliphatic carbocycles. The predicted molar refractivity (Wildman–Crippen MR) is 90.3 cm³/mol. The molecule has 0 saturated heterocycles. The number of guanidine groups is 1. The highest BCUT2D eigenvalue weighted by Crippen LogP contribution is 2.43. The summed E-state index contributed by atoms with van der Waals surface area (Å²) in [6, 6.07) is 0. The van der Waals surface area contributed by atoms with Gasteiger partial charge in [0.1, 0.15) is 0 Å². The van der Waals surface area contributed by atoms with E-state index in [1.54, 1.807) is 7.11 Å². The first-order valence-electron chi connectivity index (χ1n) is 8.79. The van der Waals surface area contributed by atoms with Gasteiger partial charge in [-0.2, -0.15) is 0 Å². The van der Waals surface area contributed by atoms with Crippen molar-refractivity contribution in [3.63, 3.8) is 0 Å². The van der Waals surface area contributed by atoms with E-state index in [4.69, 9.17) is 9.47 Å². The van der Waals surface area contributed by atoms with Gasteiger partial charge in [0.2, 0.25) is 0 Å². The van der Waals surface area contributed by atoms with E-state index in [2.05, 4.69) is 15.6 Å². The maximum absolute atomic E-state index is 5.64. The fraction of sp³-hybridized carbons (Fsp3) is 0.941. The first-order valence-corrected chi connectivity index (χ1v) is 8.79. The number of aliphatic imine (C=N–C) groups is 1.